The molecule has 1 atom stereocenters. The molecule has 7 heteroatoms. The Labute approximate surface area is 187 Å². The SMILES string of the molecule is CC/C=C\c1nc(NC2C=CC(Br)=CC2)c(NSc2ccc(Br)cc2)nc1C. The molecular weight excluding hydrogens is 500 g/mol. The summed E-state index contributed by atoms with van der Waals surface area (Å²) in [6.45, 7) is 4.10. The van der Waals surface area contributed by atoms with Crippen LogP contribution in [0.4, 0.5) is 11.6 Å². The summed E-state index contributed by atoms with van der Waals surface area (Å²) < 4.78 is 5.53. The highest BCUT2D eigenvalue weighted by molar-refractivity contribution is 9.12. The lowest BCUT2D eigenvalue weighted by Gasteiger charge is -2.20. The zero-order valence-corrected chi connectivity index (χ0v) is 19.7. The fourth-order valence-corrected chi connectivity index (χ4v) is 3.81. The summed E-state index contributed by atoms with van der Waals surface area (Å²) in [5.41, 5.74) is 1.79. The van der Waals surface area contributed by atoms with Gasteiger partial charge in [0.15, 0.2) is 11.6 Å². The van der Waals surface area contributed by atoms with E-state index in [-0.39, 0.29) is 6.04 Å². The maximum Gasteiger partial charge on any atom is 0.179 e. The molecule has 1 aliphatic rings. The van der Waals surface area contributed by atoms with E-state index in [2.05, 4.69) is 85.3 Å². The molecular formula is C21H22Br2N4S. The van der Waals surface area contributed by atoms with Crippen molar-refractivity contribution in [2.45, 2.75) is 37.6 Å². The molecule has 0 saturated carbocycles. The van der Waals surface area contributed by atoms with Crippen LogP contribution in [0.2, 0.25) is 0 Å². The van der Waals surface area contributed by atoms with Crippen molar-refractivity contribution in [3.63, 3.8) is 0 Å². The Morgan fingerprint density at radius 3 is 2.64 bits per heavy atom. The molecule has 4 nitrogen and oxygen atoms in total. The van der Waals surface area contributed by atoms with Crippen LogP contribution in [0.5, 0.6) is 0 Å². The van der Waals surface area contributed by atoms with Gasteiger partial charge in [0.1, 0.15) is 0 Å². The van der Waals surface area contributed by atoms with Gasteiger partial charge in [0, 0.05) is 19.9 Å². The van der Waals surface area contributed by atoms with Crippen LogP contribution in [0.15, 0.2) is 62.4 Å². The number of nitrogens with one attached hydrogen (secondary N) is 2. The third-order valence-electron chi connectivity index (χ3n) is 4.07. The number of rotatable bonds is 7. The van der Waals surface area contributed by atoms with Crippen molar-refractivity contribution in [3.8, 4) is 0 Å². The predicted molar refractivity (Wildman–Crippen MR) is 128 cm³/mol. The van der Waals surface area contributed by atoms with Crippen molar-refractivity contribution >= 4 is 61.5 Å². The van der Waals surface area contributed by atoms with Gasteiger partial charge in [-0.15, -0.1) is 0 Å². The normalized spacial score (nSPS) is 16.3. The highest BCUT2D eigenvalue weighted by Gasteiger charge is 2.15. The van der Waals surface area contributed by atoms with Crippen LogP contribution in [0.1, 0.15) is 31.2 Å². The number of hydrogen-bond acceptors (Lipinski definition) is 5. The number of benzene rings is 1. The van der Waals surface area contributed by atoms with E-state index in [0.29, 0.717) is 0 Å². The Balaban J connectivity index is 1.83. The molecule has 146 valence electrons. The number of aromatic nitrogens is 2. The summed E-state index contributed by atoms with van der Waals surface area (Å²) in [7, 11) is 0. The van der Waals surface area contributed by atoms with Crippen molar-refractivity contribution < 1.29 is 0 Å². The molecule has 2 N–H and O–H groups in total. The van der Waals surface area contributed by atoms with Gasteiger partial charge in [-0.1, -0.05) is 63.1 Å². The van der Waals surface area contributed by atoms with Gasteiger partial charge >= 0.3 is 0 Å². The first-order valence-electron chi connectivity index (χ1n) is 9.09. The third kappa shape index (κ3) is 5.96. The summed E-state index contributed by atoms with van der Waals surface area (Å²) in [4.78, 5) is 10.7. The molecule has 3 rings (SSSR count). The number of nitrogens with zero attached hydrogens (tertiary/aromatic N) is 2. The largest absolute Gasteiger partial charge is 0.360 e. The average molecular weight is 522 g/mol. The van der Waals surface area contributed by atoms with Gasteiger partial charge in [-0.2, -0.15) is 0 Å². The fraction of sp³-hybridized carbons (Fsp3) is 0.238. The van der Waals surface area contributed by atoms with Gasteiger partial charge < -0.3 is 10.0 Å². The first-order valence-corrected chi connectivity index (χ1v) is 11.5. The molecule has 0 fully saturated rings. The second kappa shape index (κ2) is 10.3. The van der Waals surface area contributed by atoms with E-state index in [4.69, 9.17) is 9.97 Å². The quantitative estimate of drug-likeness (QED) is 0.380. The Morgan fingerprint density at radius 2 is 1.96 bits per heavy atom. The van der Waals surface area contributed by atoms with E-state index in [0.717, 1.165) is 49.7 Å². The number of allylic oxidation sites excluding steroid dienone is 3. The van der Waals surface area contributed by atoms with E-state index in [9.17, 15) is 0 Å². The van der Waals surface area contributed by atoms with Crippen molar-refractivity contribution in [1.29, 1.82) is 0 Å². The summed E-state index contributed by atoms with van der Waals surface area (Å²) in [5, 5.41) is 3.52. The molecule has 28 heavy (non-hydrogen) atoms. The number of hydrogen-bond donors (Lipinski definition) is 2. The van der Waals surface area contributed by atoms with E-state index >= 15 is 0 Å². The van der Waals surface area contributed by atoms with Crippen molar-refractivity contribution in [2.75, 3.05) is 10.0 Å². The van der Waals surface area contributed by atoms with E-state index in [1.165, 1.54) is 11.9 Å². The Hall–Kier alpha value is -1.57. The highest BCUT2D eigenvalue weighted by Crippen LogP contribution is 2.28. The molecule has 0 amide bonds. The van der Waals surface area contributed by atoms with Crippen LogP contribution >= 0.6 is 43.8 Å². The third-order valence-corrected chi connectivity index (χ3v) is 5.99. The van der Waals surface area contributed by atoms with Crippen molar-refractivity contribution in [1.82, 2.24) is 9.97 Å². The zero-order chi connectivity index (χ0) is 19.9. The lowest BCUT2D eigenvalue weighted by molar-refractivity contribution is 0.869. The minimum atomic E-state index is 0.180. The molecule has 0 spiro atoms. The maximum absolute atomic E-state index is 4.84. The van der Waals surface area contributed by atoms with Gasteiger partial charge in [0.25, 0.3) is 0 Å². The minimum absolute atomic E-state index is 0.180. The topological polar surface area (TPSA) is 49.8 Å². The molecule has 0 saturated heterocycles. The lowest BCUT2D eigenvalue weighted by Crippen LogP contribution is -2.20. The fourth-order valence-electron chi connectivity index (χ4n) is 2.58. The molecule has 1 aromatic heterocycles. The van der Waals surface area contributed by atoms with Crippen molar-refractivity contribution in [2.24, 2.45) is 0 Å². The summed E-state index contributed by atoms with van der Waals surface area (Å²) >= 11 is 8.50. The van der Waals surface area contributed by atoms with E-state index in [1.54, 1.807) is 0 Å². The monoisotopic (exact) mass is 520 g/mol. The summed E-state index contributed by atoms with van der Waals surface area (Å²) in [6, 6.07) is 8.34. The van der Waals surface area contributed by atoms with Gasteiger partial charge in [0.05, 0.1) is 11.4 Å². The molecule has 0 bridgehead atoms. The predicted octanol–water partition coefficient (Wildman–Crippen LogP) is 7.11. The smallest absolute Gasteiger partial charge is 0.179 e. The minimum Gasteiger partial charge on any atom is -0.360 e. The van der Waals surface area contributed by atoms with Gasteiger partial charge in [0.2, 0.25) is 0 Å². The van der Waals surface area contributed by atoms with Crippen LogP contribution in [0.25, 0.3) is 6.08 Å². The Morgan fingerprint density at radius 1 is 1.18 bits per heavy atom. The van der Waals surface area contributed by atoms with Crippen LogP contribution in [-0.4, -0.2) is 16.0 Å². The maximum atomic E-state index is 4.84. The molecule has 1 aliphatic carbocycles. The Kier molecular flexibility index (Phi) is 7.76. The highest BCUT2D eigenvalue weighted by atomic mass is 79.9. The van der Waals surface area contributed by atoms with Crippen LogP contribution < -0.4 is 10.0 Å². The number of aryl methyl sites for hydroxylation is 1. The molecule has 2 aromatic rings. The average Bonchev–Trinajstić information content (AvgIpc) is 2.69. The first-order chi connectivity index (χ1) is 13.5. The van der Waals surface area contributed by atoms with Crippen LogP contribution in [-0.2, 0) is 0 Å². The second-order valence-corrected chi connectivity index (χ2v) is 9.01. The molecule has 1 aromatic carbocycles. The second-order valence-electron chi connectivity index (χ2n) is 6.29. The number of anilines is 2. The molecule has 1 heterocycles. The Bertz CT molecular complexity index is 907. The van der Waals surface area contributed by atoms with Crippen LogP contribution in [0, 0.1) is 6.92 Å². The van der Waals surface area contributed by atoms with E-state index < -0.39 is 0 Å². The summed E-state index contributed by atoms with van der Waals surface area (Å²) in [6.07, 6.45) is 12.3. The zero-order valence-electron chi connectivity index (χ0n) is 15.7. The summed E-state index contributed by atoms with van der Waals surface area (Å²) in [5.74, 6) is 1.49. The molecule has 0 radical (unpaired) electrons. The van der Waals surface area contributed by atoms with Gasteiger partial charge in [-0.3, -0.25) is 0 Å². The standard InChI is InChI=1S/C21H22Br2N4S/c1-3-4-5-19-14(2)24-21(27-28-18-12-8-16(23)9-13-18)20(26-19)25-17-10-6-15(22)7-11-17/h4-10,12-13,17H,3,11H2,1-2H3,(H,24,27)(H,25,26)/b5-4-. The van der Waals surface area contributed by atoms with Gasteiger partial charge in [-0.25, -0.2) is 9.97 Å². The number of halogens is 2. The van der Waals surface area contributed by atoms with Crippen LogP contribution in [0.3, 0.4) is 0 Å². The van der Waals surface area contributed by atoms with Crippen molar-refractivity contribution in [3.05, 3.63) is 68.9 Å². The van der Waals surface area contributed by atoms with E-state index in [1.807, 2.05) is 25.1 Å². The first kappa shape index (κ1) is 21.1. The molecule has 0 aliphatic heterocycles. The lowest BCUT2D eigenvalue weighted by atomic mass is 10.1. The molecule has 1 unspecified atom stereocenters. The van der Waals surface area contributed by atoms with Gasteiger partial charge in [-0.05, 0) is 62.1 Å².